The van der Waals surface area contributed by atoms with Crippen LogP contribution in [0.15, 0.2) is 0 Å². The van der Waals surface area contributed by atoms with E-state index in [2.05, 4.69) is 281 Å². The number of esters is 1. The first-order valence-corrected chi connectivity index (χ1v) is 41.4. The quantitative estimate of drug-likeness (QED) is 0.0728. The number of terminal acetylenes is 1. The zero-order valence-electron chi connectivity index (χ0n) is 78.0. The number of rotatable bonds is 14. The molecule has 0 radical (unpaired) electrons. The number of amides is 9. The Morgan fingerprint density at radius 1 is 0.507 bits per heavy atom. The van der Waals surface area contributed by atoms with Crippen LogP contribution in [-0.2, 0) is 62.2 Å². The van der Waals surface area contributed by atoms with Gasteiger partial charge in [-0.25, -0.2) is 0 Å². The number of ether oxygens (including phenoxy) is 3. The van der Waals surface area contributed by atoms with Crippen LogP contribution in [0.3, 0.4) is 0 Å². The molecule has 134 heavy (non-hydrogen) atoms. The third-order valence-electron chi connectivity index (χ3n) is 20.1. The zero-order valence-corrected chi connectivity index (χ0v) is 78.0. The summed E-state index contributed by atoms with van der Waals surface area (Å²) < 4.78 is 92.3. The summed E-state index contributed by atoms with van der Waals surface area (Å²) in [6.07, 6.45) is -4.24. The Morgan fingerprint density at radius 2 is 0.799 bits per heavy atom. The van der Waals surface area contributed by atoms with Gasteiger partial charge in [-0.05, 0) is 214 Å². The minimum Gasteiger partial charge on any atom is -0.463 e. The lowest BCUT2D eigenvalue weighted by Crippen LogP contribution is -2.61. The summed E-state index contributed by atoms with van der Waals surface area (Å²) in [5, 5.41) is 23.7. The number of hydrogen-bond donors (Lipinski definition) is 7. The van der Waals surface area contributed by atoms with Gasteiger partial charge < -0.3 is 66.5 Å². The predicted molar refractivity (Wildman–Crippen MR) is 490 cm³/mol. The fourth-order valence-electron chi connectivity index (χ4n) is 13.1. The summed E-state index contributed by atoms with van der Waals surface area (Å²) in [6, 6.07) is -5.25. The Bertz CT molecular complexity index is 5910. The Balaban J connectivity index is 0.000000614. The van der Waals surface area contributed by atoms with Crippen molar-refractivity contribution in [2.24, 2.45) is 62.9 Å². The van der Waals surface area contributed by atoms with E-state index in [0.29, 0.717) is 25.9 Å². The maximum Gasteiger partial charge on any atom is 0.471 e. The van der Waals surface area contributed by atoms with Crippen LogP contribution in [0, 0.1) is 318 Å². The summed E-state index contributed by atoms with van der Waals surface area (Å²) in [6.45, 7) is 34.9. The van der Waals surface area contributed by atoms with Gasteiger partial charge in [-0.2, -0.15) is 31.6 Å². The van der Waals surface area contributed by atoms with Crippen LogP contribution in [0.4, 0.5) is 26.3 Å². The van der Waals surface area contributed by atoms with Gasteiger partial charge >= 0.3 is 30.1 Å². The molecule has 7 rings (SSSR count). The number of alkyl halides is 6. The highest BCUT2D eigenvalue weighted by Crippen LogP contribution is 2.66. The van der Waals surface area contributed by atoms with Gasteiger partial charge in [0.05, 0.1) is 31.0 Å². The highest BCUT2D eigenvalue weighted by atomic mass is 19.4. The number of nitriles is 1. The molecule has 7 fully saturated rings. The van der Waals surface area contributed by atoms with Gasteiger partial charge in [-0.3, -0.25) is 47.9 Å². The summed E-state index contributed by atoms with van der Waals surface area (Å²) >= 11 is 0. The number of likely N-dealkylation sites (tertiary alicyclic amines) is 2. The van der Waals surface area contributed by atoms with E-state index in [-0.39, 0.29) is 89.9 Å². The first-order chi connectivity index (χ1) is 62.9. The molecule has 9 amide bonds. The lowest BCUT2D eigenvalue weighted by atomic mass is 9.85. The number of piperidine rings is 2. The largest absolute Gasteiger partial charge is 0.471 e. The van der Waals surface area contributed by atoms with Crippen molar-refractivity contribution >= 4 is 59.1 Å². The van der Waals surface area contributed by atoms with Gasteiger partial charge in [-0.1, -0.05) is 75.2 Å². The third kappa shape index (κ3) is 43.2. The fourth-order valence-corrected chi connectivity index (χ4v) is 13.1. The molecule has 0 bridgehead atoms. The third-order valence-corrected chi connectivity index (χ3v) is 20.1. The lowest BCUT2D eigenvalue weighted by molar-refractivity contribution is -0.176. The molecule has 0 aromatic carbocycles. The normalized spacial score (nSPS) is 18.8. The Morgan fingerprint density at radius 3 is 1.01 bits per heavy atom. The van der Waals surface area contributed by atoms with Crippen LogP contribution in [0.1, 0.15) is 143 Å². The molecule has 5 heterocycles. The second-order valence-corrected chi connectivity index (χ2v) is 34.2. The van der Waals surface area contributed by atoms with E-state index >= 15 is 0 Å². The van der Waals surface area contributed by atoms with Gasteiger partial charge in [-0.15, -0.1) is 6.42 Å². The molecule has 8 N–H and O–H groups in total. The van der Waals surface area contributed by atoms with E-state index in [1.165, 1.54) is 58.3 Å². The fraction of sp³-hybridized carbons (Fsp3) is 0.490. The van der Waals surface area contributed by atoms with Crippen LogP contribution in [0.2, 0.25) is 0 Å². The van der Waals surface area contributed by atoms with Crippen LogP contribution in [-0.4, -0.2) is 201 Å². The summed E-state index contributed by atoms with van der Waals surface area (Å²) in [4.78, 5) is 128. The highest BCUT2D eigenvalue weighted by molar-refractivity contribution is 5.97. The van der Waals surface area contributed by atoms with E-state index in [9.17, 15) is 79.5 Å². The molecule has 2 aliphatic carbocycles. The zero-order chi connectivity index (χ0) is 101. The van der Waals surface area contributed by atoms with Gasteiger partial charge in [0, 0.05) is 207 Å². The molecule has 7 aliphatic rings. The molecule has 694 valence electrons. The van der Waals surface area contributed by atoms with Crippen LogP contribution < -0.4 is 37.6 Å². The average molecular weight is 1830 g/mol. The standard InChI is InChI=1S/C43H4.C23H34F3N5O5.C23H32F3N5O4.C5H11NO.C5H10O2.C5H12O/c1-3-5-7-9-11-13-15-17-19-21-23-25-27-29-31-33-35-37-39-41-43-42-40-38-36-34-32-30-28-26-24-22-20-18-16-14-12-10-8-6-4-2;1-21(2,3)15(30-20(36)23(24,25)26)19(35)31-9-11-13(22(11,4)5)14(31)18(34)29-12(16(27)32)8-10-6-7-28-17(10)33;1-21(2,3)16(30-20(35)23(24,25)26)19(34)31-10-13-14(22(13,4)5)15(31)18(33)29-12(9-27)8-11-6-7-28-17(11)32;1-6-2-4-7-5-3-6;1-4(2)7-5(3)6;1-5(2,3)6-4/h1H,2H3;10-15H,6-9H2,1-5H3,(H2,27,32)(H,28,33)(H,29,34)(H,30,36);11-16H,6-8,10H2,1-5H3,(H,28,32)(H,29,33)(H,30,35);2-5H2,1H3;4H,1-3H3;1-4H3/t;10-,11-,12-,13-,14-,15+;11-,12-,13-,14-,15-,16+;;;/m.00.../s1. The smallest absolute Gasteiger partial charge is 0.463 e. The van der Waals surface area contributed by atoms with Crippen molar-refractivity contribution in [1.82, 2.24) is 46.6 Å². The molecule has 5 saturated heterocycles. The van der Waals surface area contributed by atoms with Gasteiger partial charge in [0.25, 0.3) is 0 Å². The molecular weight excluding hydrogens is 1730 g/mol. The van der Waals surface area contributed by atoms with Crippen LogP contribution >= 0.6 is 0 Å². The number of carbonyl (C=O) groups is 10. The Hall–Kier alpha value is -15.6. The topological polar surface area (TPSA) is 330 Å². The minimum atomic E-state index is -5.18. The SMILES string of the molecule is C#CC#CC#CC#CC#CC#CC#CC#CC#CC#CC#CC#CC#CC#CC#CC#CC#CC#CC#CC#CC#CC.CC(=O)OC(C)C.CC(C)(C)[C@H](NC(=O)C(F)(F)F)C(=O)N1C[C@H]2[C@@H]([C@H]1C(=O)N[C@@H](C[C@@H]1CCNC1=O)C(N)=O)C2(C)C.CC(C)(C)[C@H](NC(=O)C(F)(F)F)C(=O)N1C[C@H]2[C@@H]([C@H]1C(=O)N[C@H](C#N)C[C@@H]1CCNC1=O)C2(C)C.CN1CCOCC1.COC(C)(C)C. The number of nitrogens with one attached hydrogen (secondary N) is 6. The molecule has 24 nitrogen and oxygen atoms in total. The summed E-state index contributed by atoms with van der Waals surface area (Å²) in [5.41, 5.74) is 2.80. The molecule has 2 saturated carbocycles. The number of nitrogens with zero attached hydrogens (tertiary/aromatic N) is 4. The molecule has 0 spiro atoms. The summed E-state index contributed by atoms with van der Waals surface area (Å²) in [7, 11) is 3.82. The Labute approximate surface area is 784 Å². The second kappa shape index (κ2) is 56.8. The monoisotopic (exact) mass is 1830 g/mol. The van der Waals surface area contributed by atoms with Crippen molar-refractivity contribution in [2.45, 2.75) is 204 Å². The van der Waals surface area contributed by atoms with Gasteiger partial charge in [0.2, 0.25) is 41.4 Å². The number of fused-ring (bicyclic) bond motifs is 2. The minimum absolute atomic E-state index is 0.00266. The van der Waals surface area contributed by atoms with Crippen LogP contribution in [0.5, 0.6) is 0 Å². The number of halogens is 6. The first-order valence-electron chi connectivity index (χ1n) is 41.4. The van der Waals surface area contributed by atoms with E-state index in [0.717, 1.165) is 26.3 Å². The van der Waals surface area contributed by atoms with Crippen molar-refractivity contribution in [1.29, 1.82) is 5.26 Å². The highest BCUT2D eigenvalue weighted by Gasteiger charge is 2.71. The average Bonchev–Trinajstić information content (AvgIpc) is 1.53. The number of primary amides is 1. The van der Waals surface area contributed by atoms with Crippen molar-refractivity contribution < 1.29 is 88.5 Å². The number of methoxy groups -OCH3 is 1. The van der Waals surface area contributed by atoms with Crippen molar-refractivity contribution in [2.75, 3.05) is 66.6 Å². The Kier molecular flexibility index (Phi) is 48.5. The van der Waals surface area contributed by atoms with E-state index in [1.54, 1.807) is 24.7 Å². The van der Waals surface area contributed by atoms with Crippen molar-refractivity contribution in [3.05, 3.63) is 0 Å². The molecule has 0 unspecified atom stereocenters. The number of nitrogens with two attached hydrogens (primary N) is 1. The van der Waals surface area contributed by atoms with Crippen molar-refractivity contribution in [3.63, 3.8) is 0 Å². The molecule has 0 aromatic rings. The van der Waals surface area contributed by atoms with E-state index in [1.807, 2.05) is 68.4 Å². The maximum atomic E-state index is 13.5. The van der Waals surface area contributed by atoms with Crippen molar-refractivity contribution in [3.8, 4) is 255 Å². The van der Waals surface area contributed by atoms with Crippen LogP contribution in [0.25, 0.3) is 0 Å². The molecule has 30 heteroatoms. The first kappa shape index (κ1) is 114. The summed E-state index contributed by atoms with van der Waals surface area (Å²) in [5.74, 6) is 91.5. The molecular formula is C104H103F6N11O13. The number of likely N-dealkylation sites (N-methyl/N-ethyl adjacent to an activating group) is 1. The van der Waals surface area contributed by atoms with Gasteiger partial charge in [0.1, 0.15) is 36.3 Å². The molecule has 12 atom stereocenters. The maximum absolute atomic E-state index is 13.5. The second-order valence-electron chi connectivity index (χ2n) is 34.2. The molecule has 5 aliphatic heterocycles. The number of morpholine rings is 1. The number of hydrogen-bond acceptors (Lipinski definition) is 15. The lowest BCUT2D eigenvalue weighted by Gasteiger charge is -2.38. The molecule has 0 aromatic heterocycles. The van der Waals surface area contributed by atoms with Gasteiger partial charge in [0.15, 0.2) is 0 Å². The number of carbonyl (C=O) groups excluding carboxylic acids is 10. The predicted octanol–water partition coefficient (Wildman–Crippen LogP) is 4.20. The van der Waals surface area contributed by atoms with E-state index in [4.69, 9.17) is 21.6 Å². The van der Waals surface area contributed by atoms with E-state index < -0.39 is 113 Å².